The first-order chi connectivity index (χ1) is 9.69. The lowest BCUT2D eigenvalue weighted by Crippen LogP contribution is -2.44. The smallest absolute Gasteiger partial charge is 0.0198 e. The number of thioether (sulfide) groups is 1. The van der Waals surface area contributed by atoms with Gasteiger partial charge in [0.1, 0.15) is 0 Å². The van der Waals surface area contributed by atoms with E-state index in [4.69, 9.17) is 0 Å². The maximum atomic E-state index is 3.88. The summed E-state index contributed by atoms with van der Waals surface area (Å²) in [5.74, 6) is 0. The molecule has 20 heavy (non-hydrogen) atoms. The molecule has 1 aromatic rings. The van der Waals surface area contributed by atoms with E-state index in [1.165, 1.54) is 49.7 Å². The summed E-state index contributed by atoms with van der Waals surface area (Å²) in [5, 5.41) is 4.71. The third-order valence-corrected chi connectivity index (χ3v) is 5.62. The van der Waals surface area contributed by atoms with Gasteiger partial charge < -0.3 is 5.32 Å². The zero-order valence-electron chi connectivity index (χ0n) is 13.2. The molecular formula is C18H29NS. The van der Waals surface area contributed by atoms with E-state index in [0.717, 1.165) is 11.3 Å². The van der Waals surface area contributed by atoms with Gasteiger partial charge in [-0.3, -0.25) is 0 Å². The van der Waals surface area contributed by atoms with Crippen LogP contribution in [0.2, 0.25) is 0 Å². The average molecular weight is 292 g/mol. The summed E-state index contributed by atoms with van der Waals surface area (Å²) in [6, 6.07) is 10.3. The van der Waals surface area contributed by atoms with Crippen LogP contribution in [0.5, 0.6) is 0 Å². The molecule has 1 N–H and O–H groups in total. The third kappa shape index (κ3) is 4.82. The van der Waals surface area contributed by atoms with Crippen LogP contribution >= 0.6 is 11.8 Å². The van der Waals surface area contributed by atoms with Crippen molar-refractivity contribution in [3.05, 3.63) is 35.4 Å². The lowest BCUT2D eigenvalue weighted by Gasteiger charge is -2.33. The molecule has 2 heteroatoms. The Bertz CT molecular complexity index is 404. The van der Waals surface area contributed by atoms with E-state index in [9.17, 15) is 0 Å². The van der Waals surface area contributed by atoms with E-state index in [2.05, 4.69) is 49.7 Å². The van der Waals surface area contributed by atoms with Crippen LogP contribution in [0.3, 0.4) is 0 Å². The van der Waals surface area contributed by atoms with Crippen molar-refractivity contribution in [2.45, 2.75) is 69.7 Å². The van der Waals surface area contributed by atoms with Gasteiger partial charge in [0.2, 0.25) is 0 Å². The quantitative estimate of drug-likeness (QED) is 0.823. The molecule has 3 atom stereocenters. The van der Waals surface area contributed by atoms with Gasteiger partial charge in [-0.25, -0.2) is 0 Å². The van der Waals surface area contributed by atoms with Crippen molar-refractivity contribution >= 4 is 11.8 Å². The second kappa shape index (κ2) is 8.09. The van der Waals surface area contributed by atoms with Crippen LogP contribution in [0.15, 0.2) is 24.3 Å². The summed E-state index contributed by atoms with van der Waals surface area (Å²) in [6.07, 6.45) is 10.3. The number of aryl methyl sites for hydroxylation is 2. The Kier molecular flexibility index (Phi) is 6.44. The molecule has 1 nitrogen and oxygen atoms in total. The van der Waals surface area contributed by atoms with Crippen molar-refractivity contribution in [1.82, 2.24) is 5.32 Å². The van der Waals surface area contributed by atoms with Crippen LogP contribution in [-0.2, 0) is 6.42 Å². The predicted octanol–water partition coefficient (Wildman–Crippen LogP) is 4.58. The molecule has 1 aromatic carbocycles. The first-order valence-corrected chi connectivity index (χ1v) is 9.32. The summed E-state index contributed by atoms with van der Waals surface area (Å²) in [4.78, 5) is 0. The van der Waals surface area contributed by atoms with E-state index in [-0.39, 0.29) is 0 Å². The van der Waals surface area contributed by atoms with Crippen LogP contribution in [0.25, 0.3) is 0 Å². The van der Waals surface area contributed by atoms with Crippen molar-refractivity contribution in [1.29, 1.82) is 0 Å². The number of hydrogen-bond acceptors (Lipinski definition) is 2. The van der Waals surface area contributed by atoms with E-state index in [0.29, 0.717) is 6.04 Å². The normalized spacial score (nSPS) is 24.6. The van der Waals surface area contributed by atoms with Gasteiger partial charge in [0.25, 0.3) is 0 Å². The summed E-state index contributed by atoms with van der Waals surface area (Å²) in [7, 11) is 0. The summed E-state index contributed by atoms with van der Waals surface area (Å²) >= 11 is 2.05. The summed E-state index contributed by atoms with van der Waals surface area (Å²) in [6.45, 7) is 4.53. The van der Waals surface area contributed by atoms with Gasteiger partial charge in [-0.2, -0.15) is 11.8 Å². The van der Waals surface area contributed by atoms with Crippen molar-refractivity contribution in [2.75, 3.05) is 6.26 Å². The average Bonchev–Trinajstić information content (AvgIpc) is 2.46. The molecule has 3 unspecified atom stereocenters. The van der Waals surface area contributed by atoms with Gasteiger partial charge in [0.05, 0.1) is 0 Å². The molecule has 0 radical (unpaired) electrons. The second-order valence-corrected chi connectivity index (χ2v) is 7.34. The monoisotopic (exact) mass is 291 g/mol. The molecule has 0 saturated heterocycles. The van der Waals surface area contributed by atoms with Gasteiger partial charge in [-0.05, 0) is 51.3 Å². The Morgan fingerprint density at radius 3 is 2.85 bits per heavy atom. The molecule has 0 spiro atoms. The van der Waals surface area contributed by atoms with E-state index in [1.54, 1.807) is 0 Å². The number of rotatable bonds is 6. The van der Waals surface area contributed by atoms with Gasteiger partial charge >= 0.3 is 0 Å². The Morgan fingerprint density at radius 2 is 2.10 bits per heavy atom. The van der Waals surface area contributed by atoms with Crippen molar-refractivity contribution in [3.63, 3.8) is 0 Å². The van der Waals surface area contributed by atoms with Crippen LogP contribution < -0.4 is 5.32 Å². The van der Waals surface area contributed by atoms with Crippen molar-refractivity contribution in [2.24, 2.45) is 0 Å². The van der Waals surface area contributed by atoms with Gasteiger partial charge in [-0.1, -0.05) is 42.7 Å². The number of nitrogens with one attached hydrogen (secondary N) is 1. The Labute approximate surface area is 128 Å². The standard InChI is InChI=1S/C18H29NS/c1-14-7-6-8-16(13-14)12-11-15(2)19-17-9-4-5-10-18(17)20-3/h6-8,13,15,17-19H,4-5,9-12H2,1-3H3. The highest BCUT2D eigenvalue weighted by atomic mass is 32.2. The van der Waals surface area contributed by atoms with E-state index < -0.39 is 0 Å². The molecule has 2 rings (SSSR count). The highest BCUT2D eigenvalue weighted by Crippen LogP contribution is 2.27. The molecule has 0 aromatic heterocycles. The summed E-state index contributed by atoms with van der Waals surface area (Å²) < 4.78 is 0. The van der Waals surface area contributed by atoms with Crippen LogP contribution in [0, 0.1) is 6.92 Å². The zero-order chi connectivity index (χ0) is 14.4. The number of hydrogen-bond donors (Lipinski definition) is 1. The predicted molar refractivity (Wildman–Crippen MR) is 91.7 cm³/mol. The maximum Gasteiger partial charge on any atom is 0.0198 e. The molecule has 0 heterocycles. The lowest BCUT2D eigenvalue weighted by molar-refractivity contribution is 0.345. The third-order valence-electron chi connectivity index (χ3n) is 4.45. The Hall–Kier alpha value is -0.470. The molecular weight excluding hydrogens is 262 g/mol. The van der Waals surface area contributed by atoms with E-state index in [1.807, 2.05) is 11.8 Å². The zero-order valence-corrected chi connectivity index (χ0v) is 14.0. The molecule has 1 saturated carbocycles. The first-order valence-electron chi connectivity index (χ1n) is 8.03. The van der Waals surface area contributed by atoms with Gasteiger partial charge in [0.15, 0.2) is 0 Å². The fourth-order valence-electron chi connectivity index (χ4n) is 3.27. The number of benzene rings is 1. The molecule has 1 fully saturated rings. The molecule has 0 bridgehead atoms. The molecule has 0 amide bonds. The Balaban J connectivity index is 1.78. The molecule has 0 aliphatic heterocycles. The van der Waals surface area contributed by atoms with Crippen molar-refractivity contribution < 1.29 is 0 Å². The molecule has 1 aliphatic carbocycles. The van der Waals surface area contributed by atoms with Crippen LogP contribution in [0.1, 0.15) is 50.2 Å². The Morgan fingerprint density at radius 1 is 1.30 bits per heavy atom. The fourth-order valence-corrected chi connectivity index (χ4v) is 4.21. The second-order valence-electron chi connectivity index (χ2n) is 6.26. The molecule has 112 valence electrons. The van der Waals surface area contributed by atoms with Crippen LogP contribution in [-0.4, -0.2) is 23.6 Å². The lowest BCUT2D eigenvalue weighted by atomic mass is 9.93. The van der Waals surface area contributed by atoms with Gasteiger partial charge in [0, 0.05) is 17.3 Å². The summed E-state index contributed by atoms with van der Waals surface area (Å²) in [5.41, 5.74) is 2.85. The van der Waals surface area contributed by atoms with Crippen LogP contribution in [0.4, 0.5) is 0 Å². The first kappa shape index (κ1) is 15.9. The molecule has 1 aliphatic rings. The minimum atomic E-state index is 0.619. The SMILES string of the molecule is CSC1CCCCC1NC(C)CCc1cccc(C)c1. The topological polar surface area (TPSA) is 12.0 Å². The fraction of sp³-hybridized carbons (Fsp3) is 0.667. The maximum absolute atomic E-state index is 3.88. The van der Waals surface area contributed by atoms with Gasteiger partial charge in [-0.15, -0.1) is 0 Å². The highest BCUT2D eigenvalue weighted by molar-refractivity contribution is 7.99. The largest absolute Gasteiger partial charge is 0.310 e. The minimum Gasteiger partial charge on any atom is -0.310 e. The highest BCUT2D eigenvalue weighted by Gasteiger charge is 2.24. The van der Waals surface area contributed by atoms with Crippen molar-refractivity contribution in [3.8, 4) is 0 Å². The van der Waals surface area contributed by atoms with E-state index >= 15 is 0 Å². The minimum absolute atomic E-state index is 0.619.